The van der Waals surface area contributed by atoms with Gasteiger partial charge in [-0.1, -0.05) is 13.8 Å². The van der Waals surface area contributed by atoms with Crippen molar-refractivity contribution in [3.8, 4) is 0 Å². The van der Waals surface area contributed by atoms with Gasteiger partial charge in [-0.2, -0.15) is 0 Å². The summed E-state index contributed by atoms with van der Waals surface area (Å²) in [6.07, 6.45) is 8.94. The topological polar surface area (TPSA) is 76.0 Å². The molecule has 2 aliphatic rings. The van der Waals surface area contributed by atoms with Crippen molar-refractivity contribution in [3.63, 3.8) is 0 Å². The minimum absolute atomic E-state index is 0.0402. The van der Waals surface area contributed by atoms with Gasteiger partial charge < -0.3 is 9.88 Å². The van der Waals surface area contributed by atoms with E-state index >= 15 is 0 Å². The Kier molecular flexibility index (Phi) is 6.47. The summed E-state index contributed by atoms with van der Waals surface area (Å²) in [5, 5.41) is 7.82. The molecule has 1 aliphatic carbocycles. The Labute approximate surface area is 184 Å². The van der Waals surface area contributed by atoms with Gasteiger partial charge in [-0.3, -0.25) is 19.9 Å². The molecule has 1 amide bonds. The molecule has 4 rings (SSSR count). The van der Waals surface area contributed by atoms with Crippen LogP contribution in [0.1, 0.15) is 76.0 Å². The van der Waals surface area contributed by atoms with Gasteiger partial charge in [0.1, 0.15) is 0 Å². The molecule has 0 aromatic carbocycles. The average Bonchev–Trinajstić information content (AvgIpc) is 2.77. The number of nitrogens with one attached hydrogen (secondary N) is 2. The molecule has 1 saturated heterocycles. The zero-order valence-electron chi connectivity index (χ0n) is 19.3. The van der Waals surface area contributed by atoms with E-state index in [1.807, 2.05) is 32.3 Å². The summed E-state index contributed by atoms with van der Waals surface area (Å²) in [5.74, 6) is 0.573. The van der Waals surface area contributed by atoms with Crippen molar-refractivity contribution >= 4 is 16.8 Å². The molecule has 1 aliphatic heterocycles. The molecule has 3 heterocycles. The van der Waals surface area contributed by atoms with Crippen LogP contribution in [-0.2, 0) is 11.8 Å². The van der Waals surface area contributed by atoms with Crippen molar-refractivity contribution in [3.05, 3.63) is 39.9 Å². The molecule has 2 fully saturated rings. The lowest BCUT2D eigenvalue weighted by Gasteiger charge is -2.36. The van der Waals surface area contributed by atoms with Crippen LogP contribution in [0.15, 0.2) is 23.1 Å². The molecule has 2 aromatic heterocycles. The quantitative estimate of drug-likeness (QED) is 0.784. The predicted molar refractivity (Wildman–Crippen MR) is 124 cm³/mol. The van der Waals surface area contributed by atoms with Crippen LogP contribution in [0.3, 0.4) is 0 Å². The number of carbonyl (C=O) groups is 1. The summed E-state index contributed by atoms with van der Waals surface area (Å²) >= 11 is 0. The maximum absolute atomic E-state index is 13.2. The monoisotopic (exact) mass is 424 g/mol. The van der Waals surface area contributed by atoms with Gasteiger partial charge in [0.25, 0.3) is 5.56 Å². The molecular weight excluding hydrogens is 388 g/mol. The maximum atomic E-state index is 13.2. The van der Waals surface area contributed by atoms with E-state index in [1.165, 1.54) is 6.42 Å². The largest absolute Gasteiger partial charge is 0.341 e. The van der Waals surface area contributed by atoms with Gasteiger partial charge in [0.2, 0.25) is 5.91 Å². The van der Waals surface area contributed by atoms with Crippen molar-refractivity contribution in [1.29, 1.82) is 0 Å². The Morgan fingerprint density at radius 2 is 2.06 bits per heavy atom. The van der Waals surface area contributed by atoms with Gasteiger partial charge in [0.05, 0.1) is 11.7 Å². The van der Waals surface area contributed by atoms with Crippen LogP contribution in [0.4, 0.5) is 0 Å². The van der Waals surface area contributed by atoms with Crippen LogP contribution in [0, 0.1) is 18.8 Å². The first-order chi connectivity index (χ1) is 14.9. The molecular formula is C25H36N4O2. The third-order valence-corrected chi connectivity index (χ3v) is 7.53. The Bertz CT molecular complexity index is 1010. The summed E-state index contributed by atoms with van der Waals surface area (Å²) in [6.45, 7) is 6.34. The van der Waals surface area contributed by atoms with Crippen molar-refractivity contribution < 1.29 is 4.79 Å². The van der Waals surface area contributed by atoms with Crippen LogP contribution >= 0.6 is 0 Å². The van der Waals surface area contributed by atoms with Gasteiger partial charge in [0, 0.05) is 41.8 Å². The van der Waals surface area contributed by atoms with Crippen molar-refractivity contribution in [2.24, 2.45) is 18.9 Å². The number of hydrogen-bond donors (Lipinski definition) is 2. The number of piperidine rings is 1. The van der Waals surface area contributed by atoms with E-state index in [-0.39, 0.29) is 29.5 Å². The van der Waals surface area contributed by atoms with Crippen LogP contribution in [0.25, 0.3) is 10.9 Å². The minimum Gasteiger partial charge on any atom is -0.341 e. The van der Waals surface area contributed by atoms with Crippen LogP contribution in [-0.4, -0.2) is 27.7 Å². The highest BCUT2D eigenvalue weighted by atomic mass is 16.2. The molecule has 168 valence electrons. The molecule has 0 bridgehead atoms. The van der Waals surface area contributed by atoms with Crippen molar-refractivity contribution in [2.45, 2.75) is 83.8 Å². The van der Waals surface area contributed by atoms with Gasteiger partial charge in [-0.05, 0) is 75.8 Å². The first kappa shape index (κ1) is 22.0. The maximum Gasteiger partial charge on any atom is 0.254 e. The number of aromatic nitrogens is 2. The first-order valence-corrected chi connectivity index (χ1v) is 11.9. The lowest BCUT2D eigenvalue weighted by Crippen LogP contribution is -2.53. The van der Waals surface area contributed by atoms with E-state index in [0.717, 1.165) is 60.7 Å². The number of fused-ring (bicyclic) bond motifs is 1. The Balaban J connectivity index is 1.54. The van der Waals surface area contributed by atoms with Gasteiger partial charge in [-0.25, -0.2) is 0 Å². The standard InChI is InChI=1S/C25H36N4O2/c1-5-19-7-6-8-23(27-19)28-24(30)17-10-9-15(2)20(12-17)21-13-18-14-26-16(3)11-22(18)29(4)25(21)31/h11,13-15,17,19-20,23,27H,5-10,12H2,1-4H3,(H,28,30). The van der Waals surface area contributed by atoms with E-state index in [1.54, 1.807) is 4.57 Å². The van der Waals surface area contributed by atoms with E-state index in [2.05, 4.69) is 29.5 Å². The van der Waals surface area contributed by atoms with Gasteiger partial charge >= 0.3 is 0 Å². The molecule has 5 atom stereocenters. The van der Waals surface area contributed by atoms with E-state index in [4.69, 9.17) is 0 Å². The Hall–Kier alpha value is -2.21. The fraction of sp³-hybridized carbons (Fsp3) is 0.640. The number of hydrogen-bond acceptors (Lipinski definition) is 4. The predicted octanol–water partition coefficient (Wildman–Crippen LogP) is 3.76. The fourth-order valence-corrected chi connectivity index (χ4v) is 5.49. The third kappa shape index (κ3) is 4.54. The number of pyridine rings is 2. The molecule has 2 aromatic rings. The second-order valence-electron chi connectivity index (χ2n) is 9.71. The molecule has 6 nitrogen and oxygen atoms in total. The summed E-state index contributed by atoms with van der Waals surface area (Å²) in [5.41, 5.74) is 2.69. The molecule has 6 heteroatoms. The van der Waals surface area contributed by atoms with E-state index in [0.29, 0.717) is 12.0 Å². The highest BCUT2D eigenvalue weighted by Gasteiger charge is 2.35. The SMILES string of the molecule is CCC1CCCC(NC(=O)C2CCC(C)C(c3cc4cnc(C)cc4n(C)c3=O)C2)N1. The van der Waals surface area contributed by atoms with Crippen molar-refractivity contribution in [1.82, 2.24) is 20.2 Å². The summed E-state index contributed by atoms with van der Waals surface area (Å²) in [7, 11) is 1.84. The van der Waals surface area contributed by atoms with E-state index in [9.17, 15) is 9.59 Å². The lowest BCUT2D eigenvalue weighted by molar-refractivity contribution is -0.127. The Morgan fingerprint density at radius 3 is 2.84 bits per heavy atom. The summed E-state index contributed by atoms with van der Waals surface area (Å²) in [6, 6.07) is 4.47. The molecule has 0 spiro atoms. The fourth-order valence-electron chi connectivity index (χ4n) is 5.49. The minimum atomic E-state index is -0.0402. The smallest absolute Gasteiger partial charge is 0.254 e. The molecule has 0 radical (unpaired) electrons. The molecule has 31 heavy (non-hydrogen) atoms. The zero-order valence-corrected chi connectivity index (χ0v) is 19.3. The summed E-state index contributed by atoms with van der Waals surface area (Å²) < 4.78 is 1.74. The second-order valence-corrected chi connectivity index (χ2v) is 9.71. The highest BCUT2D eigenvalue weighted by molar-refractivity contribution is 5.80. The molecule has 5 unspecified atom stereocenters. The Morgan fingerprint density at radius 1 is 1.26 bits per heavy atom. The van der Waals surface area contributed by atoms with Gasteiger partial charge in [0.15, 0.2) is 0 Å². The first-order valence-electron chi connectivity index (χ1n) is 11.9. The van der Waals surface area contributed by atoms with E-state index < -0.39 is 0 Å². The van der Waals surface area contributed by atoms with Crippen LogP contribution < -0.4 is 16.2 Å². The molecule has 1 saturated carbocycles. The van der Waals surface area contributed by atoms with Crippen LogP contribution in [0.5, 0.6) is 0 Å². The van der Waals surface area contributed by atoms with Crippen molar-refractivity contribution in [2.75, 3.05) is 0 Å². The van der Waals surface area contributed by atoms with Gasteiger partial charge in [-0.15, -0.1) is 0 Å². The highest BCUT2D eigenvalue weighted by Crippen LogP contribution is 2.40. The zero-order chi connectivity index (χ0) is 22.1. The molecule has 2 N–H and O–H groups in total. The number of carbonyl (C=O) groups excluding carboxylic acids is 1. The number of aryl methyl sites for hydroxylation is 2. The number of nitrogens with zero attached hydrogens (tertiary/aromatic N) is 2. The normalized spacial score (nSPS) is 29.1. The third-order valence-electron chi connectivity index (χ3n) is 7.53. The summed E-state index contributed by atoms with van der Waals surface area (Å²) in [4.78, 5) is 30.8. The second kappa shape index (κ2) is 9.11. The number of rotatable bonds is 4. The van der Waals surface area contributed by atoms with Crippen LogP contribution in [0.2, 0.25) is 0 Å². The average molecular weight is 425 g/mol. The lowest BCUT2D eigenvalue weighted by atomic mass is 9.71. The number of amides is 1.